The van der Waals surface area contributed by atoms with Gasteiger partial charge in [-0.15, -0.1) is 0 Å². The van der Waals surface area contributed by atoms with Crippen molar-refractivity contribution in [3.63, 3.8) is 0 Å². The molecule has 0 amide bonds. The summed E-state index contributed by atoms with van der Waals surface area (Å²) >= 11 is 2.01. The van der Waals surface area contributed by atoms with Crippen molar-refractivity contribution in [2.45, 2.75) is 46.2 Å². The van der Waals surface area contributed by atoms with Crippen LogP contribution in [0.1, 0.15) is 34.1 Å². The third kappa shape index (κ3) is 8.85. The second-order valence-electron chi connectivity index (χ2n) is 3.61. The number of hydrogen-bond acceptors (Lipinski definition) is 3. The Morgan fingerprint density at radius 2 is 1.93 bits per heavy atom. The van der Waals surface area contributed by atoms with E-state index in [9.17, 15) is 0 Å². The topological polar surface area (TPSA) is 21.3 Å². The molecule has 86 valence electrons. The molecule has 0 aliphatic rings. The van der Waals surface area contributed by atoms with Gasteiger partial charge in [0.25, 0.3) is 0 Å². The zero-order valence-electron chi connectivity index (χ0n) is 10.0. The maximum atomic E-state index is 5.35. The Labute approximate surface area is 93.2 Å². The predicted molar refractivity (Wildman–Crippen MR) is 66.2 cm³/mol. The van der Waals surface area contributed by atoms with Gasteiger partial charge in [0.2, 0.25) is 0 Å². The molecule has 0 aliphatic carbocycles. The van der Waals surface area contributed by atoms with Gasteiger partial charge in [-0.25, -0.2) is 0 Å². The molecule has 0 aromatic rings. The first-order chi connectivity index (χ1) is 6.70. The molecule has 0 radical (unpaired) electrons. The highest BCUT2D eigenvalue weighted by Gasteiger charge is 2.06. The van der Waals surface area contributed by atoms with Gasteiger partial charge in [0.05, 0.1) is 6.61 Å². The van der Waals surface area contributed by atoms with Gasteiger partial charge in [-0.1, -0.05) is 6.92 Å². The largest absolute Gasteiger partial charge is 0.380 e. The van der Waals surface area contributed by atoms with Gasteiger partial charge in [0, 0.05) is 18.7 Å². The summed E-state index contributed by atoms with van der Waals surface area (Å²) in [4.78, 5) is 0. The third-order valence-corrected chi connectivity index (χ3v) is 2.97. The summed E-state index contributed by atoms with van der Waals surface area (Å²) in [6, 6.07) is 1.07. The van der Waals surface area contributed by atoms with E-state index in [1.165, 1.54) is 17.9 Å². The monoisotopic (exact) mass is 219 g/mol. The Morgan fingerprint density at radius 1 is 1.21 bits per heavy atom. The van der Waals surface area contributed by atoms with Crippen molar-refractivity contribution in [3.8, 4) is 0 Å². The van der Waals surface area contributed by atoms with Gasteiger partial charge < -0.3 is 10.1 Å². The van der Waals surface area contributed by atoms with Crippen LogP contribution < -0.4 is 5.32 Å². The van der Waals surface area contributed by atoms with E-state index < -0.39 is 0 Å². The molecule has 0 saturated carbocycles. The molecule has 0 heterocycles. The first kappa shape index (κ1) is 14.3. The van der Waals surface area contributed by atoms with Crippen LogP contribution in [0.3, 0.4) is 0 Å². The van der Waals surface area contributed by atoms with Crippen molar-refractivity contribution in [2.75, 3.05) is 24.7 Å². The first-order valence-corrected chi connectivity index (χ1v) is 6.77. The van der Waals surface area contributed by atoms with Crippen molar-refractivity contribution >= 4 is 11.8 Å². The normalized spacial score (nSPS) is 15.4. The molecule has 2 unspecified atom stereocenters. The minimum atomic E-state index is 0.469. The first-order valence-electron chi connectivity index (χ1n) is 5.62. The average molecular weight is 219 g/mol. The summed E-state index contributed by atoms with van der Waals surface area (Å²) in [6.45, 7) is 10.3. The molecule has 2 nitrogen and oxygen atoms in total. The zero-order chi connectivity index (χ0) is 10.8. The molecule has 0 bridgehead atoms. The van der Waals surface area contributed by atoms with Gasteiger partial charge in [-0.2, -0.15) is 11.8 Å². The lowest BCUT2D eigenvalue weighted by Gasteiger charge is -2.19. The number of nitrogens with one attached hydrogen (secondary N) is 1. The van der Waals surface area contributed by atoms with Crippen LogP contribution in [0.15, 0.2) is 0 Å². The van der Waals surface area contributed by atoms with Crippen molar-refractivity contribution in [1.82, 2.24) is 5.32 Å². The molecule has 3 heteroatoms. The quantitative estimate of drug-likeness (QED) is 0.602. The summed E-state index contributed by atoms with van der Waals surface area (Å²) in [5.74, 6) is 2.48. The van der Waals surface area contributed by atoms with Crippen molar-refractivity contribution in [1.29, 1.82) is 0 Å². The van der Waals surface area contributed by atoms with E-state index in [1.807, 2.05) is 18.7 Å². The standard InChI is InChI=1S/C11H25NOS/c1-5-13-9-11(4)12-10(3)7-8-14-6-2/h10-12H,5-9H2,1-4H3. The molecular weight excluding hydrogens is 194 g/mol. The number of thioether (sulfide) groups is 1. The van der Waals surface area contributed by atoms with E-state index in [2.05, 4.69) is 26.1 Å². The molecule has 0 aromatic carbocycles. The Morgan fingerprint density at radius 3 is 2.50 bits per heavy atom. The molecule has 0 saturated heterocycles. The molecule has 2 atom stereocenters. The van der Waals surface area contributed by atoms with Crippen LogP contribution >= 0.6 is 11.8 Å². The van der Waals surface area contributed by atoms with Gasteiger partial charge in [0.15, 0.2) is 0 Å². The minimum absolute atomic E-state index is 0.469. The summed E-state index contributed by atoms with van der Waals surface area (Å²) in [7, 11) is 0. The van der Waals surface area contributed by atoms with Crippen LogP contribution in [0.25, 0.3) is 0 Å². The Balaban J connectivity index is 3.35. The third-order valence-electron chi connectivity index (χ3n) is 2.04. The van der Waals surface area contributed by atoms with Crippen molar-refractivity contribution in [3.05, 3.63) is 0 Å². The Bertz CT molecular complexity index is 122. The molecule has 0 spiro atoms. The molecule has 0 fully saturated rings. The number of rotatable bonds is 9. The smallest absolute Gasteiger partial charge is 0.0616 e. The zero-order valence-corrected chi connectivity index (χ0v) is 10.8. The Hall–Kier alpha value is 0.270. The van der Waals surface area contributed by atoms with Gasteiger partial charge in [-0.05, 0) is 38.7 Å². The van der Waals surface area contributed by atoms with Crippen molar-refractivity contribution < 1.29 is 4.74 Å². The second kappa shape index (κ2) is 9.81. The summed E-state index contributed by atoms with van der Waals surface area (Å²) < 4.78 is 5.35. The van der Waals surface area contributed by atoms with Gasteiger partial charge in [0.1, 0.15) is 0 Å². The van der Waals surface area contributed by atoms with E-state index in [-0.39, 0.29) is 0 Å². The summed E-state index contributed by atoms with van der Waals surface area (Å²) in [5, 5.41) is 3.54. The molecule has 0 rings (SSSR count). The highest BCUT2D eigenvalue weighted by Crippen LogP contribution is 2.04. The van der Waals surface area contributed by atoms with E-state index in [4.69, 9.17) is 4.74 Å². The lowest BCUT2D eigenvalue weighted by atomic mass is 10.2. The van der Waals surface area contributed by atoms with Gasteiger partial charge >= 0.3 is 0 Å². The molecule has 1 N–H and O–H groups in total. The van der Waals surface area contributed by atoms with Crippen LogP contribution in [0.2, 0.25) is 0 Å². The van der Waals surface area contributed by atoms with E-state index in [1.54, 1.807) is 0 Å². The highest BCUT2D eigenvalue weighted by molar-refractivity contribution is 7.99. The average Bonchev–Trinajstić information content (AvgIpc) is 2.15. The maximum absolute atomic E-state index is 5.35. The molecule has 0 aromatic heterocycles. The molecular formula is C11H25NOS. The lowest BCUT2D eigenvalue weighted by molar-refractivity contribution is 0.124. The van der Waals surface area contributed by atoms with E-state index in [0.29, 0.717) is 12.1 Å². The minimum Gasteiger partial charge on any atom is -0.380 e. The van der Waals surface area contributed by atoms with Crippen molar-refractivity contribution in [2.24, 2.45) is 0 Å². The summed E-state index contributed by atoms with van der Waals surface area (Å²) in [5.41, 5.74) is 0. The number of ether oxygens (including phenoxy) is 1. The second-order valence-corrected chi connectivity index (χ2v) is 5.01. The van der Waals surface area contributed by atoms with Crippen LogP contribution in [0, 0.1) is 0 Å². The maximum Gasteiger partial charge on any atom is 0.0616 e. The predicted octanol–water partition coefficient (Wildman–Crippen LogP) is 2.53. The number of hydrogen-bond donors (Lipinski definition) is 1. The van der Waals surface area contributed by atoms with Crippen LogP contribution in [0.5, 0.6) is 0 Å². The Kier molecular flexibility index (Phi) is 10.0. The fourth-order valence-electron chi connectivity index (χ4n) is 1.32. The summed E-state index contributed by atoms with van der Waals surface area (Å²) in [6.07, 6.45) is 1.25. The van der Waals surface area contributed by atoms with Gasteiger partial charge in [-0.3, -0.25) is 0 Å². The van der Waals surface area contributed by atoms with Crippen LogP contribution in [-0.4, -0.2) is 36.8 Å². The lowest BCUT2D eigenvalue weighted by Crippen LogP contribution is -2.37. The molecule has 0 aliphatic heterocycles. The highest BCUT2D eigenvalue weighted by atomic mass is 32.2. The van der Waals surface area contributed by atoms with Crippen LogP contribution in [0.4, 0.5) is 0 Å². The van der Waals surface area contributed by atoms with Crippen LogP contribution in [-0.2, 0) is 4.74 Å². The van der Waals surface area contributed by atoms with E-state index >= 15 is 0 Å². The fraction of sp³-hybridized carbons (Fsp3) is 1.00. The molecule has 14 heavy (non-hydrogen) atoms. The fourth-order valence-corrected chi connectivity index (χ4v) is 2.13. The SMILES string of the molecule is CCOCC(C)NC(C)CCSCC. The van der Waals surface area contributed by atoms with E-state index in [0.717, 1.165) is 13.2 Å².